The van der Waals surface area contributed by atoms with E-state index in [1.54, 1.807) is 6.20 Å². The van der Waals surface area contributed by atoms with Crippen LogP contribution in [0.1, 0.15) is 16.1 Å². The largest absolute Gasteiger partial charge is 0.299 e. The molecule has 3 heteroatoms. The van der Waals surface area contributed by atoms with Gasteiger partial charge in [-0.3, -0.25) is 9.20 Å². The lowest BCUT2D eigenvalue weighted by Gasteiger charge is -2.04. The Labute approximate surface area is 92.3 Å². The van der Waals surface area contributed by atoms with Gasteiger partial charge in [-0.15, -0.1) is 0 Å². The second kappa shape index (κ2) is 3.17. The third-order valence-corrected chi connectivity index (χ3v) is 2.81. The van der Waals surface area contributed by atoms with Crippen LogP contribution in [-0.2, 0) is 0 Å². The average molecular weight is 210 g/mol. The number of rotatable bonds is 1. The van der Waals surface area contributed by atoms with Gasteiger partial charge >= 0.3 is 0 Å². The molecule has 3 nitrogen and oxygen atoms in total. The highest BCUT2D eigenvalue weighted by molar-refractivity contribution is 5.86. The molecule has 0 unspecified atom stereocenters. The lowest BCUT2D eigenvalue weighted by molar-refractivity contribution is 0.111. The number of hydrogen-bond acceptors (Lipinski definition) is 2. The van der Waals surface area contributed by atoms with Crippen LogP contribution in [0.5, 0.6) is 0 Å². The van der Waals surface area contributed by atoms with Crippen LogP contribution in [0.4, 0.5) is 0 Å². The summed E-state index contributed by atoms with van der Waals surface area (Å²) in [5.74, 6) is 0. The van der Waals surface area contributed by atoms with Crippen molar-refractivity contribution < 1.29 is 4.79 Å². The SMILES string of the molecule is Cc1cc2nc(C=O)cn2c2ccccc12. The third kappa shape index (κ3) is 1.15. The number of aromatic nitrogens is 2. The molecule has 0 saturated heterocycles. The number of aryl methyl sites for hydroxylation is 1. The molecule has 0 N–H and O–H groups in total. The molecule has 3 aromatic rings. The van der Waals surface area contributed by atoms with E-state index in [9.17, 15) is 4.79 Å². The van der Waals surface area contributed by atoms with Crippen LogP contribution in [-0.4, -0.2) is 15.7 Å². The maximum atomic E-state index is 10.7. The molecule has 0 fully saturated rings. The highest BCUT2D eigenvalue weighted by Gasteiger charge is 2.06. The predicted octanol–water partition coefficient (Wildman–Crippen LogP) is 2.61. The molecule has 0 atom stereocenters. The Kier molecular flexibility index (Phi) is 1.80. The fraction of sp³-hybridized carbons (Fsp3) is 0.0769. The van der Waals surface area contributed by atoms with E-state index >= 15 is 0 Å². The Hall–Kier alpha value is -2.16. The summed E-state index contributed by atoms with van der Waals surface area (Å²) in [7, 11) is 0. The van der Waals surface area contributed by atoms with Gasteiger partial charge in [-0.2, -0.15) is 0 Å². The summed E-state index contributed by atoms with van der Waals surface area (Å²) < 4.78 is 1.95. The van der Waals surface area contributed by atoms with Gasteiger partial charge in [0.1, 0.15) is 11.3 Å². The lowest BCUT2D eigenvalue weighted by Crippen LogP contribution is -1.89. The first-order valence-corrected chi connectivity index (χ1v) is 5.12. The van der Waals surface area contributed by atoms with Crippen molar-refractivity contribution in [2.45, 2.75) is 6.92 Å². The molecule has 2 aromatic heterocycles. The van der Waals surface area contributed by atoms with E-state index in [1.165, 1.54) is 10.9 Å². The van der Waals surface area contributed by atoms with Crippen molar-refractivity contribution in [3.63, 3.8) is 0 Å². The van der Waals surface area contributed by atoms with E-state index in [0.29, 0.717) is 5.69 Å². The summed E-state index contributed by atoms with van der Waals surface area (Å²) in [5.41, 5.74) is 3.54. The fourth-order valence-electron chi connectivity index (χ4n) is 2.05. The highest BCUT2D eigenvalue weighted by atomic mass is 16.1. The molecule has 0 amide bonds. The molecule has 16 heavy (non-hydrogen) atoms. The first-order valence-electron chi connectivity index (χ1n) is 5.12. The molecule has 0 spiro atoms. The number of pyridine rings is 1. The molecule has 0 aliphatic rings. The van der Waals surface area contributed by atoms with Gasteiger partial charge in [0.25, 0.3) is 0 Å². The summed E-state index contributed by atoms with van der Waals surface area (Å²) in [5, 5.41) is 1.19. The van der Waals surface area contributed by atoms with Crippen LogP contribution >= 0.6 is 0 Å². The number of nitrogens with zero attached hydrogens (tertiary/aromatic N) is 2. The minimum atomic E-state index is 0.468. The summed E-state index contributed by atoms with van der Waals surface area (Å²) in [6, 6.07) is 10.1. The van der Waals surface area contributed by atoms with E-state index < -0.39 is 0 Å². The van der Waals surface area contributed by atoms with E-state index in [1.807, 2.05) is 28.7 Å². The van der Waals surface area contributed by atoms with Crippen molar-refractivity contribution in [1.29, 1.82) is 0 Å². The first-order chi connectivity index (χ1) is 7.79. The van der Waals surface area contributed by atoms with Crippen LogP contribution in [0.3, 0.4) is 0 Å². The molecule has 0 radical (unpaired) electrons. The Morgan fingerprint density at radius 2 is 2.12 bits per heavy atom. The first kappa shape index (κ1) is 9.09. The van der Waals surface area contributed by atoms with Crippen LogP contribution in [0.2, 0.25) is 0 Å². The molecule has 78 valence electrons. The quantitative estimate of drug-likeness (QED) is 0.578. The molecular formula is C13H10N2O. The molecule has 0 bridgehead atoms. The van der Waals surface area contributed by atoms with Gasteiger partial charge in [0.05, 0.1) is 5.52 Å². The van der Waals surface area contributed by atoms with Crippen molar-refractivity contribution in [3.05, 3.63) is 47.8 Å². The minimum absolute atomic E-state index is 0.468. The summed E-state index contributed by atoms with van der Waals surface area (Å²) in [6.07, 6.45) is 2.54. The van der Waals surface area contributed by atoms with Crippen molar-refractivity contribution in [2.75, 3.05) is 0 Å². The second-order valence-electron chi connectivity index (χ2n) is 3.86. The number of carbonyl (C=O) groups excluding carboxylic acids is 1. The van der Waals surface area contributed by atoms with Crippen molar-refractivity contribution in [2.24, 2.45) is 0 Å². The summed E-state index contributed by atoms with van der Waals surface area (Å²) in [6.45, 7) is 2.05. The van der Waals surface area contributed by atoms with Gasteiger partial charge in [0.15, 0.2) is 6.29 Å². The predicted molar refractivity (Wildman–Crippen MR) is 62.8 cm³/mol. The number of fused-ring (bicyclic) bond motifs is 3. The maximum Gasteiger partial charge on any atom is 0.170 e. The standard InChI is InChI=1S/C13H10N2O/c1-9-6-13-14-10(8-16)7-15(13)12-5-3-2-4-11(9)12/h2-8H,1H3. The van der Waals surface area contributed by atoms with Gasteiger partial charge in [-0.25, -0.2) is 4.98 Å². The van der Waals surface area contributed by atoms with Gasteiger partial charge in [-0.1, -0.05) is 18.2 Å². The number of carbonyl (C=O) groups is 1. The maximum absolute atomic E-state index is 10.7. The van der Waals surface area contributed by atoms with Crippen LogP contribution < -0.4 is 0 Å². The Balaban J connectivity index is 2.56. The molecule has 0 saturated carbocycles. The summed E-state index contributed by atoms with van der Waals surface area (Å²) >= 11 is 0. The number of imidazole rings is 1. The second-order valence-corrected chi connectivity index (χ2v) is 3.86. The average Bonchev–Trinajstić information content (AvgIpc) is 2.72. The molecule has 2 heterocycles. The Morgan fingerprint density at radius 1 is 1.31 bits per heavy atom. The van der Waals surface area contributed by atoms with Gasteiger partial charge in [0.2, 0.25) is 0 Å². The zero-order valence-corrected chi connectivity index (χ0v) is 8.84. The van der Waals surface area contributed by atoms with Crippen molar-refractivity contribution in [3.8, 4) is 0 Å². The Morgan fingerprint density at radius 3 is 2.94 bits per heavy atom. The highest BCUT2D eigenvalue weighted by Crippen LogP contribution is 2.20. The minimum Gasteiger partial charge on any atom is -0.299 e. The zero-order valence-electron chi connectivity index (χ0n) is 8.84. The third-order valence-electron chi connectivity index (χ3n) is 2.81. The molecule has 0 aliphatic heterocycles. The number of hydrogen-bond donors (Lipinski definition) is 0. The van der Waals surface area contributed by atoms with Crippen molar-refractivity contribution in [1.82, 2.24) is 9.38 Å². The van der Waals surface area contributed by atoms with Gasteiger partial charge in [-0.05, 0) is 24.6 Å². The van der Waals surface area contributed by atoms with Crippen LogP contribution in [0.25, 0.3) is 16.6 Å². The molecule has 3 rings (SSSR count). The smallest absolute Gasteiger partial charge is 0.170 e. The fourth-order valence-corrected chi connectivity index (χ4v) is 2.05. The van der Waals surface area contributed by atoms with E-state index in [4.69, 9.17) is 0 Å². The normalized spacial score (nSPS) is 11.1. The molecule has 0 aliphatic carbocycles. The summed E-state index contributed by atoms with van der Waals surface area (Å²) in [4.78, 5) is 15.0. The van der Waals surface area contributed by atoms with Crippen LogP contribution in [0.15, 0.2) is 36.5 Å². The number of para-hydroxylation sites is 1. The lowest BCUT2D eigenvalue weighted by atomic mass is 10.1. The monoisotopic (exact) mass is 210 g/mol. The topological polar surface area (TPSA) is 34.4 Å². The Bertz CT molecular complexity index is 698. The number of benzene rings is 1. The zero-order chi connectivity index (χ0) is 11.1. The van der Waals surface area contributed by atoms with Crippen LogP contribution in [0, 0.1) is 6.92 Å². The number of aldehydes is 1. The van der Waals surface area contributed by atoms with E-state index in [-0.39, 0.29) is 0 Å². The van der Waals surface area contributed by atoms with E-state index in [0.717, 1.165) is 17.5 Å². The van der Waals surface area contributed by atoms with Gasteiger partial charge in [0, 0.05) is 11.6 Å². The van der Waals surface area contributed by atoms with Crippen molar-refractivity contribution >= 4 is 22.8 Å². The van der Waals surface area contributed by atoms with Gasteiger partial charge < -0.3 is 0 Å². The van der Waals surface area contributed by atoms with E-state index in [2.05, 4.69) is 18.0 Å². The molecular weight excluding hydrogens is 200 g/mol. The molecule has 1 aromatic carbocycles.